The number of aromatic nitrogens is 2. The number of fused-ring (bicyclic) bond motifs is 1. The third kappa shape index (κ3) is 2.01. The molecule has 0 aliphatic heterocycles. The Balaban J connectivity index is 2.52. The summed E-state index contributed by atoms with van der Waals surface area (Å²) in [6.07, 6.45) is -4.47. The maximum absolute atomic E-state index is 12.5. The Kier molecular flexibility index (Phi) is 2.41. The summed E-state index contributed by atoms with van der Waals surface area (Å²) in [5, 5.41) is 9.14. The topological polar surface area (TPSA) is 69.2 Å². The number of halogens is 3. The molecule has 0 spiro atoms. The number of nitrogens with zero attached hydrogens (tertiary/aromatic N) is 2. The average molecular weight is 245 g/mol. The SMILES string of the molecule is O=C(O)N(c1cc2[nH]ccc2cn1)C(F)(F)F. The van der Waals surface area contributed by atoms with Gasteiger partial charge >= 0.3 is 12.4 Å². The number of anilines is 1. The number of alkyl halides is 3. The number of hydrogen-bond donors (Lipinski definition) is 2. The molecule has 0 aliphatic rings. The first-order valence-corrected chi connectivity index (χ1v) is 4.42. The molecule has 0 unspecified atom stereocenters. The van der Waals surface area contributed by atoms with Crippen molar-refractivity contribution in [3.05, 3.63) is 24.5 Å². The molecule has 0 saturated heterocycles. The highest BCUT2D eigenvalue weighted by atomic mass is 19.4. The van der Waals surface area contributed by atoms with Gasteiger partial charge in [0.25, 0.3) is 0 Å². The van der Waals surface area contributed by atoms with Crippen LogP contribution in [0.3, 0.4) is 0 Å². The monoisotopic (exact) mass is 245 g/mol. The van der Waals surface area contributed by atoms with Gasteiger partial charge in [-0.1, -0.05) is 0 Å². The molecule has 0 bridgehead atoms. The Morgan fingerprint density at radius 1 is 1.47 bits per heavy atom. The lowest BCUT2D eigenvalue weighted by Gasteiger charge is -2.20. The van der Waals surface area contributed by atoms with E-state index in [1.807, 2.05) is 0 Å². The number of H-pyrrole nitrogens is 1. The number of aromatic amines is 1. The molecule has 0 saturated carbocycles. The van der Waals surface area contributed by atoms with Crippen LogP contribution < -0.4 is 4.90 Å². The Labute approximate surface area is 92.5 Å². The molecule has 0 fully saturated rings. The molecule has 0 atom stereocenters. The van der Waals surface area contributed by atoms with Gasteiger partial charge in [0, 0.05) is 23.8 Å². The lowest BCUT2D eigenvalue weighted by molar-refractivity contribution is -0.124. The Morgan fingerprint density at radius 2 is 2.18 bits per heavy atom. The van der Waals surface area contributed by atoms with Crippen LogP contribution >= 0.6 is 0 Å². The fourth-order valence-corrected chi connectivity index (χ4v) is 1.39. The molecule has 2 aromatic heterocycles. The molecule has 2 N–H and O–H groups in total. The van der Waals surface area contributed by atoms with Crippen molar-refractivity contribution in [2.24, 2.45) is 0 Å². The van der Waals surface area contributed by atoms with Gasteiger partial charge in [-0.3, -0.25) is 0 Å². The maximum Gasteiger partial charge on any atom is 0.495 e. The molecule has 2 rings (SSSR count). The largest absolute Gasteiger partial charge is 0.495 e. The summed E-state index contributed by atoms with van der Waals surface area (Å²) in [4.78, 5) is 16.0. The molecule has 0 aliphatic carbocycles. The van der Waals surface area contributed by atoms with Crippen molar-refractivity contribution >= 4 is 22.8 Å². The fourth-order valence-electron chi connectivity index (χ4n) is 1.39. The zero-order valence-corrected chi connectivity index (χ0v) is 8.19. The van der Waals surface area contributed by atoms with E-state index in [-0.39, 0.29) is 0 Å². The van der Waals surface area contributed by atoms with E-state index >= 15 is 0 Å². The molecular weight excluding hydrogens is 239 g/mol. The van der Waals surface area contributed by atoms with Crippen LogP contribution in [0.4, 0.5) is 23.8 Å². The van der Waals surface area contributed by atoms with Crippen LogP contribution in [-0.2, 0) is 0 Å². The number of rotatable bonds is 1. The number of hydrogen-bond acceptors (Lipinski definition) is 2. The zero-order valence-electron chi connectivity index (χ0n) is 8.19. The Bertz CT molecular complexity index is 564. The smallest absolute Gasteiger partial charge is 0.464 e. The van der Waals surface area contributed by atoms with Gasteiger partial charge in [0.05, 0.1) is 5.52 Å². The normalized spacial score (nSPS) is 11.7. The van der Waals surface area contributed by atoms with Crippen molar-refractivity contribution in [1.29, 1.82) is 0 Å². The van der Waals surface area contributed by atoms with Gasteiger partial charge in [-0.15, -0.1) is 13.2 Å². The molecular formula is C9H6F3N3O2. The first-order valence-electron chi connectivity index (χ1n) is 4.42. The van der Waals surface area contributed by atoms with Crippen LogP contribution in [-0.4, -0.2) is 27.5 Å². The molecule has 8 heteroatoms. The number of pyridine rings is 1. The Hall–Kier alpha value is -2.25. The van der Waals surface area contributed by atoms with Gasteiger partial charge in [-0.2, -0.15) is 4.90 Å². The van der Waals surface area contributed by atoms with Crippen LogP contribution in [0.15, 0.2) is 24.5 Å². The van der Waals surface area contributed by atoms with Crippen LogP contribution in [0.1, 0.15) is 0 Å². The van der Waals surface area contributed by atoms with Gasteiger partial charge < -0.3 is 10.1 Å². The van der Waals surface area contributed by atoms with E-state index in [4.69, 9.17) is 5.11 Å². The predicted octanol–water partition coefficient (Wildman–Crippen LogP) is 2.57. The van der Waals surface area contributed by atoms with E-state index in [0.717, 1.165) is 6.07 Å². The second kappa shape index (κ2) is 3.65. The van der Waals surface area contributed by atoms with Crippen LogP contribution in [0, 0.1) is 0 Å². The standard InChI is InChI=1S/C9H6F3N3O2/c10-9(11,12)15(8(16)17)7-3-6-5(4-14-7)1-2-13-6/h1-4,13H,(H,16,17). The van der Waals surface area contributed by atoms with Crippen LogP contribution in [0.5, 0.6) is 0 Å². The highest BCUT2D eigenvalue weighted by Gasteiger charge is 2.43. The quantitative estimate of drug-likeness (QED) is 0.758. The van der Waals surface area contributed by atoms with E-state index < -0.39 is 23.1 Å². The average Bonchev–Trinajstić information content (AvgIpc) is 2.61. The van der Waals surface area contributed by atoms with Crippen molar-refractivity contribution in [2.45, 2.75) is 6.30 Å². The predicted molar refractivity (Wildman–Crippen MR) is 52.7 cm³/mol. The number of nitrogens with one attached hydrogen (secondary N) is 1. The minimum absolute atomic E-state index is 0.380. The molecule has 0 aromatic carbocycles. The maximum atomic E-state index is 12.5. The lowest BCUT2D eigenvalue weighted by Crippen LogP contribution is -2.42. The van der Waals surface area contributed by atoms with Crippen molar-refractivity contribution < 1.29 is 23.1 Å². The second-order valence-electron chi connectivity index (χ2n) is 3.19. The summed E-state index contributed by atoms with van der Waals surface area (Å²) in [7, 11) is 0. The van der Waals surface area contributed by atoms with Crippen molar-refractivity contribution in [1.82, 2.24) is 9.97 Å². The minimum atomic E-state index is -5.03. The zero-order chi connectivity index (χ0) is 12.6. The number of carbonyl (C=O) groups is 1. The number of amides is 1. The lowest BCUT2D eigenvalue weighted by atomic mass is 10.3. The summed E-state index contributed by atoms with van der Waals surface area (Å²) < 4.78 is 37.4. The summed E-state index contributed by atoms with van der Waals surface area (Å²) in [5.74, 6) is -0.694. The highest BCUT2D eigenvalue weighted by Crippen LogP contribution is 2.28. The molecule has 2 heterocycles. The summed E-state index contributed by atoms with van der Waals surface area (Å²) >= 11 is 0. The first kappa shape index (κ1) is 11.2. The third-order valence-corrected chi connectivity index (χ3v) is 2.10. The fraction of sp³-hybridized carbons (Fsp3) is 0.111. The molecule has 1 amide bonds. The van der Waals surface area contributed by atoms with Gasteiger partial charge in [-0.25, -0.2) is 9.78 Å². The van der Waals surface area contributed by atoms with E-state index in [2.05, 4.69) is 9.97 Å². The molecule has 2 aromatic rings. The van der Waals surface area contributed by atoms with Crippen molar-refractivity contribution in [3.8, 4) is 0 Å². The van der Waals surface area contributed by atoms with Gasteiger partial charge in [0.2, 0.25) is 0 Å². The Morgan fingerprint density at radius 3 is 2.76 bits per heavy atom. The van der Waals surface area contributed by atoms with Crippen LogP contribution in [0.25, 0.3) is 10.9 Å². The van der Waals surface area contributed by atoms with E-state index in [1.165, 1.54) is 12.4 Å². The number of carboxylic acid groups (broad SMARTS) is 1. The minimum Gasteiger partial charge on any atom is -0.464 e. The van der Waals surface area contributed by atoms with E-state index in [9.17, 15) is 18.0 Å². The molecule has 0 radical (unpaired) electrons. The van der Waals surface area contributed by atoms with Gasteiger partial charge in [-0.05, 0) is 6.07 Å². The summed E-state index contributed by atoms with van der Waals surface area (Å²) in [6.45, 7) is 0. The highest BCUT2D eigenvalue weighted by molar-refractivity contribution is 5.89. The molecule has 17 heavy (non-hydrogen) atoms. The van der Waals surface area contributed by atoms with Gasteiger partial charge in [0.1, 0.15) is 5.82 Å². The van der Waals surface area contributed by atoms with E-state index in [0.29, 0.717) is 10.9 Å². The summed E-state index contributed by atoms with van der Waals surface area (Å²) in [5.41, 5.74) is 0.380. The first-order chi connectivity index (χ1) is 7.89. The third-order valence-electron chi connectivity index (χ3n) is 2.10. The van der Waals surface area contributed by atoms with Crippen LogP contribution in [0.2, 0.25) is 0 Å². The van der Waals surface area contributed by atoms with Crippen molar-refractivity contribution in [2.75, 3.05) is 4.90 Å². The summed E-state index contributed by atoms with van der Waals surface area (Å²) in [6, 6.07) is 2.64. The van der Waals surface area contributed by atoms with E-state index in [1.54, 1.807) is 6.07 Å². The molecule has 90 valence electrons. The van der Waals surface area contributed by atoms with Crippen molar-refractivity contribution in [3.63, 3.8) is 0 Å². The second-order valence-corrected chi connectivity index (χ2v) is 3.19. The molecule has 5 nitrogen and oxygen atoms in total. The van der Waals surface area contributed by atoms with Gasteiger partial charge in [0.15, 0.2) is 0 Å².